The molecule has 0 bridgehead atoms. The predicted octanol–water partition coefficient (Wildman–Crippen LogP) is 1.81. The Morgan fingerprint density at radius 1 is 1.32 bits per heavy atom. The van der Waals surface area contributed by atoms with Gasteiger partial charge in [-0.15, -0.1) is 13.2 Å². The van der Waals surface area contributed by atoms with E-state index in [4.69, 9.17) is 14.2 Å². The zero-order valence-electron chi connectivity index (χ0n) is 11.7. The molecule has 3 atom stereocenters. The second-order valence-electron chi connectivity index (χ2n) is 4.23. The quantitative estimate of drug-likeness (QED) is 0.353. The fraction of sp³-hybridized carbons (Fsp3) is 0.643. The van der Waals surface area contributed by atoms with Gasteiger partial charge in [-0.25, -0.2) is 0 Å². The summed E-state index contributed by atoms with van der Waals surface area (Å²) in [7, 11) is 1.55. The largest absolute Gasteiger partial charge is 0.463 e. The van der Waals surface area contributed by atoms with E-state index < -0.39 is 12.1 Å². The van der Waals surface area contributed by atoms with Crippen molar-refractivity contribution in [1.82, 2.24) is 0 Å². The van der Waals surface area contributed by atoms with Gasteiger partial charge in [0.2, 0.25) is 0 Å². The van der Waals surface area contributed by atoms with Gasteiger partial charge in [-0.3, -0.25) is 4.79 Å². The number of aliphatic hydroxyl groups is 1. The van der Waals surface area contributed by atoms with E-state index in [1.54, 1.807) is 20.1 Å². The predicted molar refractivity (Wildman–Crippen MR) is 72.6 cm³/mol. The summed E-state index contributed by atoms with van der Waals surface area (Å²) in [4.78, 5) is 11.4. The number of aliphatic hydroxyl groups excluding tert-OH is 1. The number of methoxy groups -OCH3 is 1. The van der Waals surface area contributed by atoms with Gasteiger partial charge in [0.05, 0.1) is 24.7 Å². The lowest BCUT2D eigenvalue weighted by Crippen LogP contribution is -2.21. The molecule has 0 radical (unpaired) electrons. The minimum absolute atomic E-state index is 0.0705. The third kappa shape index (κ3) is 9.41. The first-order valence-electron chi connectivity index (χ1n) is 6.26. The first-order chi connectivity index (χ1) is 9.03. The van der Waals surface area contributed by atoms with Gasteiger partial charge in [0.15, 0.2) is 0 Å². The number of hydrogen-bond donors (Lipinski definition) is 1. The van der Waals surface area contributed by atoms with E-state index in [9.17, 15) is 9.90 Å². The van der Waals surface area contributed by atoms with Crippen molar-refractivity contribution in [3.63, 3.8) is 0 Å². The van der Waals surface area contributed by atoms with Crippen molar-refractivity contribution in [3.05, 3.63) is 25.3 Å². The average Bonchev–Trinajstić information content (AvgIpc) is 2.38. The van der Waals surface area contributed by atoms with Crippen LogP contribution in [0.2, 0.25) is 0 Å². The van der Waals surface area contributed by atoms with Crippen LogP contribution >= 0.6 is 0 Å². The van der Waals surface area contributed by atoms with Gasteiger partial charge in [0, 0.05) is 7.11 Å². The highest BCUT2D eigenvalue weighted by Gasteiger charge is 2.14. The van der Waals surface area contributed by atoms with Crippen LogP contribution in [0, 0.1) is 0 Å². The Kier molecular flexibility index (Phi) is 10.1. The summed E-state index contributed by atoms with van der Waals surface area (Å²) in [5.74, 6) is -0.437. The maximum Gasteiger partial charge on any atom is 0.309 e. The number of rotatable bonds is 11. The van der Waals surface area contributed by atoms with Crippen LogP contribution in [0.15, 0.2) is 25.3 Å². The molecular formula is C14H24O5. The molecule has 0 aromatic heterocycles. The molecule has 0 amide bonds. The summed E-state index contributed by atoms with van der Waals surface area (Å²) in [6.45, 7) is 9.07. The molecule has 0 rings (SSSR count). The maximum absolute atomic E-state index is 11.4. The van der Waals surface area contributed by atoms with Crippen LogP contribution in [0.5, 0.6) is 0 Å². The molecule has 5 heteroatoms. The molecule has 0 aliphatic rings. The molecule has 0 aliphatic heterocycles. The summed E-state index contributed by atoms with van der Waals surface area (Å²) in [6.07, 6.45) is 3.04. The van der Waals surface area contributed by atoms with Crippen LogP contribution < -0.4 is 0 Å². The Labute approximate surface area is 114 Å². The molecule has 0 aliphatic carbocycles. The SMILES string of the molecule is C=C[C@@H](O)CC(=O)O[C@H](C)CC[C@H](C=C)OCOC. The van der Waals surface area contributed by atoms with E-state index in [0.29, 0.717) is 12.8 Å². The normalized spacial score (nSPS) is 15.3. The second kappa shape index (κ2) is 10.7. The van der Waals surface area contributed by atoms with E-state index >= 15 is 0 Å². The fourth-order valence-corrected chi connectivity index (χ4v) is 1.41. The summed E-state index contributed by atoms with van der Waals surface area (Å²) in [5, 5.41) is 9.23. The molecule has 19 heavy (non-hydrogen) atoms. The Morgan fingerprint density at radius 2 is 2.00 bits per heavy atom. The molecule has 0 unspecified atom stereocenters. The van der Waals surface area contributed by atoms with Crippen molar-refractivity contribution in [2.75, 3.05) is 13.9 Å². The highest BCUT2D eigenvalue weighted by molar-refractivity contribution is 5.70. The highest BCUT2D eigenvalue weighted by Crippen LogP contribution is 2.10. The van der Waals surface area contributed by atoms with Crippen LogP contribution in [-0.2, 0) is 19.0 Å². The molecular weight excluding hydrogens is 248 g/mol. The summed E-state index contributed by atoms with van der Waals surface area (Å²) in [5.41, 5.74) is 0. The van der Waals surface area contributed by atoms with Crippen LogP contribution in [0.4, 0.5) is 0 Å². The first-order valence-corrected chi connectivity index (χ1v) is 6.26. The maximum atomic E-state index is 11.4. The van der Waals surface area contributed by atoms with Crippen LogP contribution in [-0.4, -0.2) is 43.3 Å². The molecule has 0 heterocycles. The number of esters is 1. The standard InChI is InChI=1S/C14H24O5/c1-5-12(15)9-14(16)19-11(3)7-8-13(6-2)18-10-17-4/h5-6,11-13,15H,1-2,7-10H2,3-4H3/t11-,12-,13+/m1/s1. The molecule has 1 N–H and O–H groups in total. The van der Waals surface area contributed by atoms with Gasteiger partial charge < -0.3 is 19.3 Å². The van der Waals surface area contributed by atoms with Crippen molar-refractivity contribution in [1.29, 1.82) is 0 Å². The van der Waals surface area contributed by atoms with Crippen molar-refractivity contribution in [2.45, 2.75) is 44.5 Å². The topological polar surface area (TPSA) is 65.0 Å². The van der Waals surface area contributed by atoms with E-state index in [2.05, 4.69) is 13.2 Å². The van der Waals surface area contributed by atoms with E-state index in [0.717, 1.165) is 0 Å². The van der Waals surface area contributed by atoms with Crippen molar-refractivity contribution in [2.24, 2.45) is 0 Å². The van der Waals surface area contributed by atoms with Crippen LogP contribution in [0.3, 0.4) is 0 Å². The van der Waals surface area contributed by atoms with Gasteiger partial charge in [-0.05, 0) is 19.8 Å². The molecule has 0 aromatic carbocycles. The lowest BCUT2D eigenvalue weighted by atomic mass is 10.1. The molecule has 0 saturated heterocycles. The van der Waals surface area contributed by atoms with Crippen LogP contribution in [0.1, 0.15) is 26.2 Å². The van der Waals surface area contributed by atoms with Gasteiger partial charge in [0.1, 0.15) is 6.79 Å². The summed E-state index contributed by atoms with van der Waals surface area (Å²) < 4.78 is 15.3. The van der Waals surface area contributed by atoms with Crippen molar-refractivity contribution in [3.8, 4) is 0 Å². The first kappa shape index (κ1) is 17.8. The number of carbonyl (C=O) groups excluding carboxylic acids is 1. The number of carbonyl (C=O) groups is 1. The van der Waals surface area contributed by atoms with Gasteiger partial charge in [-0.2, -0.15) is 0 Å². The third-order valence-electron chi connectivity index (χ3n) is 2.50. The Hall–Kier alpha value is -1.17. The monoisotopic (exact) mass is 272 g/mol. The molecule has 110 valence electrons. The van der Waals surface area contributed by atoms with Gasteiger partial charge >= 0.3 is 5.97 Å². The van der Waals surface area contributed by atoms with Gasteiger partial charge in [0.25, 0.3) is 0 Å². The fourth-order valence-electron chi connectivity index (χ4n) is 1.41. The van der Waals surface area contributed by atoms with Crippen molar-refractivity contribution >= 4 is 5.97 Å². The Morgan fingerprint density at radius 3 is 2.53 bits per heavy atom. The number of hydrogen-bond acceptors (Lipinski definition) is 5. The third-order valence-corrected chi connectivity index (χ3v) is 2.50. The number of ether oxygens (including phenoxy) is 3. The smallest absolute Gasteiger partial charge is 0.309 e. The Balaban J connectivity index is 3.89. The highest BCUT2D eigenvalue weighted by atomic mass is 16.7. The lowest BCUT2D eigenvalue weighted by Gasteiger charge is -2.17. The van der Waals surface area contributed by atoms with E-state index in [-0.39, 0.29) is 25.4 Å². The minimum atomic E-state index is -0.856. The van der Waals surface area contributed by atoms with E-state index in [1.807, 2.05) is 0 Å². The molecule has 0 spiro atoms. The molecule has 0 saturated carbocycles. The van der Waals surface area contributed by atoms with E-state index in [1.165, 1.54) is 6.08 Å². The summed E-state index contributed by atoms with van der Waals surface area (Å²) >= 11 is 0. The second-order valence-corrected chi connectivity index (χ2v) is 4.23. The van der Waals surface area contributed by atoms with Crippen LogP contribution in [0.25, 0.3) is 0 Å². The lowest BCUT2D eigenvalue weighted by molar-refractivity contribution is -0.150. The summed E-state index contributed by atoms with van der Waals surface area (Å²) in [6, 6.07) is 0. The zero-order valence-corrected chi connectivity index (χ0v) is 11.7. The van der Waals surface area contributed by atoms with Crippen molar-refractivity contribution < 1.29 is 24.1 Å². The molecule has 0 aromatic rings. The zero-order chi connectivity index (χ0) is 14.7. The average molecular weight is 272 g/mol. The Bertz CT molecular complexity index is 277. The van der Waals surface area contributed by atoms with Gasteiger partial charge in [-0.1, -0.05) is 12.2 Å². The minimum Gasteiger partial charge on any atom is -0.463 e. The molecule has 5 nitrogen and oxygen atoms in total. The molecule has 0 fully saturated rings.